The minimum Gasteiger partial charge on any atom is -0.466 e. The van der Waals surface area contributed by atoms with Crippen LogP contribution in [0.2, 0.25) is 0 Å². The van der Waals surface area contributed by atoms with Crippen molar-refractivity contribution in [3.8, 4) is 0 Å². The predicted molar refractivity (Wildman–Crippen MR) is 49.3 cm³/mol. The molecule has 2 N–H and O–H groups in total. The van der Waals surface area contributed by atoms with Gasteiger partial charge in [0, 0.05) is 6.04 Å². The number of aliphatic hydroxyl groups is 1. The molecule has 1 aliphatic heterocycles. The Morgan fingerprint density at radius 2 is 2.54 bits per heavy atom. The summed E-state index contributed by atoms with van der Waals surface area (Å²) in [6.45, 7) is 2.92. The van der Waals surface area contributed by atoms with Crippen molar-refractivity contribution in [3.05, 3.63) is 24.2 Å². The van der Waals surface area contributed by atoms with Gasteiger partial charge in [0.1, 0.15) is 11.4 Å². The van der Waals surface area contributed by atoms with Crippen LogP contribution in [0.4, 0.5) is 0 Å². The molecule has 0 aliphatic carbocycles. The van der Waals surface area contributed by atoms with Crippen molar-refractivity contribution < 1.29 is 9.52 Å². The zero-order valence-electron chi connectivity index (χ0n) is 7.79. The first kappa shape index (κ1) is 8.78. The molecule has 1 saturated heterocycles. The third kappa shape index (κ3) is 1.62. The molecule has 13 heavy (non-hydrogen) atoms. The van der Waals surface area contributed by atoms with Crippen LogP contribution in [0.5, 0.6) is 0 Å². The summed E-state index contributed by atoms with van der Waals surface area (Å²) in [5.41, 5.74) is -0.756. The predicted octanol–water partition coefficient (Wildman–Crippen LogP) is 1.24. The van der Waals surface area contributed by atoms with E-state index in [4.69, 9.17) is 4.42 Å². The van der Waals surface area contributed by atoms with Crippen molar-refractivity contribution >= 4 is 0 Å². The molecule has 0 radical (unpaired) electrons. The lowest BCUT2D eigenvalue weighted by Crippen LogP contribution is -2.44. The van der Waals surface area contributed by atoms with E-state index in [-0.39, 0.29) is 0 Å². The molecule has 2 heterocycles. The van der Waals surface area contributed by atoms with Crippen molar-refractivity contribution in [2.45, 2.75) is 31.4 Å². The van der Waals surface area contributed by atoms with Gasteiger partial charge in [0.25, 0.3) is 0 Å². The van der Waals surface area contributed by atoms with Crippen LogP contribution >= 0.6 is 0 Å². The second-order valence-corrected chi connectivity index (χ2v) is 3.82. The molecule has 0 saturated carbocycles. The van der Waals surface area contributed by atoms with Crippen LogP contribution in [0.1, 0.15) is 25.5 Å². The second-order valence-electron chi connectivity index (χ2n) is 3.82. The normalized spacial score (nSPS) is 34.8. The van der Waals surface area contributed by atoms with E-state index < -0.39 is 5.60 Å². The highest BCUT2D eigenvalue weighted by molar-refractivity contribution is 5.11. The molecule has 2 rings (SSSR count). The fourth-order valence-electron chi connectivity index (χ4n) is 1.97. The number of rotatable bonds is 1. The van der Waals surface area contributed by atoms with Crippen LogP contribution in [0.15, 0.2) is 22.8 Å². The van der Waals surface area contributed by atoms with Gasteiger partial charge in [-0.25, -0.2) is 0 Å². The van der Waals surface area contributed by atoms with Crippen molar-refractivity contribution in [1.29, 1.82) is 0 Å². The summed E-state index contributed by atoms with van der Waals surface area (Å²) < 4.78 is 5.25. The molecule has 2 atom stereocenters. The standard InChI is InChI=1S/C10H15NO2/c1-8-7-10(12,4-5-11-8)9-3-2-6-13-9/h2-3,6,8,11-12H,4-5,7H2,1H3. The van der Waals surface area contributed by atoms with Gasteiger partial charge in [0.2, 0.25) is 0 Å². The molecular weight excluding hydrogens is 166 g/mol. The van der Waals surface area contributed by atoms with Gasteiger partial charge in [-0.2, -0.15) is 0 Å². The van der Waals surface area contributed by atoms with E-state index in [0.29, 0.717) is 11.8 Å². The zero-order valence-corrected chi connectivity index (χ0v) is 7.79. The van der Waals surface area contributed by atoms with E-state index >= 15 is 0 Å². The highest BCUT2D eigenvalue weighted by Gasteiger charge is 2.36. The van der Waals surface area contributed by atoms with Crippen molar-refractivity contribution in [2.75, 3.05) is 6.54 Å². The van der Waals surface area contributed by atoms with Gasteiger partial charge in [-0.05, 0) is 38.4 Å². The van der Waals surface area contributed by atoms with Gasteiger partial charge in [0.15, 0.2) is 0 Å². The van der Waals surface area contributed by atoms with Crippen molar-refractivity contribution in [2.24, 2.45) is 0 Å². The van der Waals surface area contributed by atoms with Gasteiger partial charge >= 0.3 is 0 Å². The fraction of sp³-hybridized carbons (Fsp3) is 0.600. The van der Waals surface area contributed by atoms with Crippen LogP contribution in [-0.2, 0) is 5.60 Å². The minimum atomic E-state index is -0.756. The van der Waals surface area contributed by atoms with E-state index in [2.05, 4.69) is 12.2 Å². The average Bonchev–Trinajstić information content (AvgIpc) is 2.55. The monoisotopic (exact) mass is 181 g/mol. The van der Waals surface area contributed by atoms with Gasteiger partial charge in [-0.3, -0.25) is 0 Å². The summed E-state index contributed by atoms with van der Waals surface area (Å²) in [5.74, 6) is 0.695. The number of hydrogen-bond donors (Lipinski definition) is 2. The van der Waals surface area contributed by atoms with Gasteiger partial charge < -0.3 is 14.8 Å². The Balaban J connectivity index is 2.20. The number of hydrogen-bond acceptors (Lipinski definition) is 3. The topological polar surface area (TPSA) is 45.4 Å². The molecule has 0 amide bonds. The molecule has 0 spiro atoms. The maximum atomic E-state index is 10.3. The van der Waals surface area contributed by atoms with Crippen LogP contribution in [0.25, 0.3) is 0 Å². The van der Waals surface area contributed by atoms with Gasteiger partial charge in [0.05, 0.1) is 6.26 Å². The maximum absolute atomic E-state index is 10.3. The Hall–Kier alpha value is -0.800. The number of furan rings is 1. The SMILES string of the molecule is CC1CC(O)(c2ccco2)CCN1. The molecule has 1 aromatic rings. The fourth-order valence-corrected chi connectivity index (χ4v) is 1.97. The number of nitrogens with one attached hydrogen (secondary N) is 1. The molecule has 1 aliphatic rings. The van der Waals surface area contributed by atoms with E-state index in [9.17, 15) is 5.11 Å². The Kier molecular flexibility index (Phi) is 2.14. The van der Waals surface area contributed by atoms with E-state index in [1.165, 1.54) is 0 Å². The lowest BCUT2D eigenvalue weighted by Gasteiger charge is -2.34. The molecule has 1 fully saturated rings. The smallest absolute Gasteiger partial charge is 0.135 e. The second kappa shape index (κ2) is 3.16. The quantitative estimate of drug-likeness (QED) is 0.685. The van der Waals surface area contributed by atoms with Crippen LogP contribution in [0.3, 0.4) is 0 Å². The van der Waals surface area contributed by atoms with Crippen molar-refractivity contribution in [3.63, 3.8) is 0 Å². The molecule has 3 heteroatoms. The summed E-state index contributed by atoms with van der Waals surface area (Å²) in [4.78, 5) is 0. The largest absolute Gasteiger partial charge is 0.466 e. The first-order valence-corrected chi connectivity index (χ1v) is 4.70. The van der Waals surface area contributed by atoms with Gasteiger partial charge in [-0.15, -0.1) is 0 Å². The first-order chi connectivity index (χ1) is 6.21. The Morgan fingerprint density at radius 3 is 3.15 bits per heavy atom. The van der Waals surface area contributed by atoms with Crippen LogP contribution in [-0.4, -0.2) is 17.7 Å². The summed E-state index contributed by atoms with van der Waals surface area (Å²) in [5, 5.41) is 13.6. The van der Waals surface area contributed by atoms with Crippen molar-refractivity contribution in [1.82, 2.24) is 5.32 Å². The molecule has 0 aromatic carbocycles. The first-order valence-electron chi connectivity index (χ1n) is 4.70. The van der Waals surface area contributed by atoms with E-state index in [1.807, 2.05) is 12.1 Å². The molecular formula is C10H15NO2. The lowest BCUT2D eigenvalue weighted by atomic mass is 9.86. The molecule has 2 unspecified atom stereocenters. The summed E-state index contributed by atoms with van der Waals surface area (Å²) in [6, 6.07) is 4.02. The minimum absolute atomic E-state index is 0.351. The van der Waals surface area contributed by atoms with Crippen LogP contribution in [0, 0.1) is 0 Å². The highest BCUT2D eigenvalue weighted by Crippen LogP contribution is 2.32. The molecule has 0 bridgehead atoms. The summed E-state index contributed by atoms with van der Waals surface area (Å²) in [6.07, 6.45) is 3.06. The number of piperidine rings is 1. The Bertz CT molecular complexity index is 270. The Morgan fingerprint density at radius 1 is 1.69 bits per heavy atom. The highest BCUT2D eigenvalue weighted by atomic mass is 16.4. The molecule has 72 valence electrons. The zero-order chi connectivity index (χ0) is 9.31. The molecule has 3 nitrogen and oxygen atoms in total. The maximum Gasteiger partial charge on any atom is 0.135 e. The van der Waals surface area contributed by atoms with Crippen LogP contribution < -0.4 is 5.32 Å². The third-order valence-electron chi connectivity index (χ3n) is 2.66. The van der Waals surface area contributed by atoms with Gasteiger partial charge in [-0.1, -0.05) is 0 Å². The third-order valence-corrected chi connectivity index (χ3v) is 2.66. The lowest BCUT2D eigenvalue weighted by molar-refractivity contribution is -0.0250. The Labute approximate surface area is 77.8 Å². The summed E-state index contributed by atoms with van der Waals surface area (Å²) >= 11 is 0. The van der Waals surface area contributed by atoms with E-state index in [0.717, 1.165) is 19.4 Å². The summed E-state index contributed by atoms with van der Waals surface area (Å²) in [7, 11) is 0. The molecule has 1 aromatic heterocycles. The van der Waals surface area contributed by atoms with E-state index in [1.54, 1.807) is 6.26 Å². The average molecular weight is 181 g/mol.